The van der Waals surface area contributed by atoms with Crippen molar-refractivity contribution in [1.29, 1.82) is 0 Å². The van der Waals surface area contributed by atoms with E-state index in [1.54, 1.807) is 5.01 Å². The predicted octanol–water partition coefficient (Wildman–Crippen LogP) is 3.58. The number of likely N-dealkylation sites (tertiary alicyclic amines) is 1. The molecule has 0 atom stereocenters. The summed E-state index contributed by atoms with van der Waals surface area (Å²) in [7, 11) is 0. The predicted molar refractivity (Wildman–Crippen MR) is 94.0 cm³/mol. The van der Waals surface area contributed by atoms with E-state index in [0.29, 0.717) is 11.5 Å². The van der Waals surface area contributed by atoms with Crippen molar-refractivity contribution in [3.05, 3.63) is 41.1 Å². The van der Waals surface area contributed by atoms with Crippen LogP contribution in [0.4, 0.5) is 0 Å². The number of benzene rings is 1. The molecule has 0 radical (unpaired) electrons. The van der Waals surface area contributed by atoms with Gasteiger partial charge in [-0.05, 0) is 46.1 Å². The van der Waals surface area contributed by atoms with Crippen LogP contribution in [0, 0.1) is 5.21 Å². The number of piperidine rings is 1. The summed E-state index contributed by atoms with van der Waals surface area (Å²) in [6, 6.07) is 10.5. The average Bonchev–Trinajstić information content (AvgIpc) is 2.54. The highest BCUT2D eigenvalue weighted by Crippen LogP contribution is 2.18. The first-order chi connectivity index (χ1) is 11.4. The smallest absolute Gasteiger partial charge is 0.233 e. The summed E-state index contributed by atoms with van der Waals surface area (Å²) in [5.74, 6) is 0. The number of hydrazine groups is 1. The average molecular weight is 334 g/mol. The summed E-state index contributed by atoms with van der Waals surface area (Å²) in [5.41, 5.74) is 1.05. The van der Waals surface area contributed by atoms with Crippen LogP contribution < -0.4 is 0 Å². The van der Waals surface area contributed by atoms with E-state index in [4.69, 9.17) is 4.84 Å². The van der Waals surface area contributed by atoms with Crippen molar-refractivity contribution in [2.45, 2.75) is 58.7 Å². The van der Waals surface area contributed by atoms with Gasteiger partial charge in [-0.2, -0.15) is 0 Å². The summed E-state index contributed by atoms with van der Waals surface area (Å²) in [6.07, 6.45) is 1.81. The van der Waals surface area contributed by atoms with Crippen LogP contribution in [0.3, 0.4) is 0 Å². The van der Waals surface area contributed by atoms with Gasteiger partial charge in [-0.3, -0.25) is 4.90 Å². The molecule has 0 saturated carbocycles. The number of hydrogen-bond acceptors (Lipinski definition) is 4. The molecular formula is C18H30N4O2. The lowest BCUT2D eigenvalue weighted by Crippen LogP contribution is -2.45. The molecule has 0 aromatic heterocycles. The standard InChI is InChI=1S/C18H30N4O2/c1-5-21(18(2,3)4)22(23)19-24-17-11-13-20(14-12-17)15-16-9-7-6-8-10-16/h6-10,17H,5,11-15H2,1-4H3/b22-19-. The van der Waals surface area contributed by atoms with Crippen LogP contribution in [0.1, 0.15) is 46.1 Å². The molecule has 134 valence electrons. The Hall–Kier alpha value is -1.82. The van der Waals surface area contributed by atoms with E-state index in [1.807, 2.05) is 33.8 Å². The molecule has 1 fully saturated rings. The van der Waals surface area contributed by atoms with Gasteiger partial charge < -0.3 is 10.0 Å². The van der Waals surface area contributed by atoms with Crippen molar-refractivity contribution in [1.82, 2.24) is 9.91 Å². The van der Waals surface area contributed by atoms with E-state index >= 15 is 0 Å². The van der Waals surface area contributed by atoms with Crippen LogP contribution >= 0.6 is 0 Å². The lowest BCUT2D eigenvalue weighted by Gasteiger charge is -2.31. The highest BCUT2D eigenvalue weighted by atomic mass is 16.7. The molecule has 0 amide bonds. The molecule has 1 aliphatic rings. The first-order valence-electron chi connectivity index (χ1n) is 8.78. The van der Waals surface area contributed by atoms with Crippen molar-refractivity contribution in [3.63, 3.8) is 0 Å². The number of nitrogens with zero attached hydrogens (tertiary/aromatic N) is 4. The number of rotatable bonds is 6. The zero-order chi connectivity index (χ0) is 17.6. The van der Waals surface area contributed by atoms with E-state index in [1.165, 1.54) is 5.56 Å². The molecule has 24 heavy (non-hydrogen) atoms. The summed E-state index contributed by atoms with van der Waals surface area (Å²) < 4.78 is 0. The van der Waals surface area contributed by atoms with E-state index < -0.39 is 0 Å². The molecule has 6 nitrogen and oxygen atoms in total. The highest BCUT2D eigenvalue weighted by molar-refractivity contribution is 5.14. The second kappa shape index (κ2) is 8.33. The van der Waals surface area contributed by atoms with Gasteiger partial charge in [0.1, 0.15) is 6.10 Å². The third kappa shape index (κ3) is 5.37. The molecule has 0 unspecified atom stereocenters. The van der Waals surface area contributed by atoms with Crippen LogP contribution in [0.25, 0.3) is 0 Å². The molecule has 0 bridgehead atoms. The maximum atomic E-state index is 12.1. The minimum Gasteiger partial charge on any atom is -0.569 e. The maximum absolute atomic E-state index is 12.1. The second-order valence-corrected chi connectivity index (χ2v) is 7.29. The Morgan fingerprint density at radius 2 is 1.88 bits per heavy atom. The van der Waals surface area contributed by atoms with E-state index in [2.05, 4.69) is 34.4 Å². The molecule has 0 N–H and O–H groups in total. The Morgan fingerprint density at radius 3 is 2.42 bits per heavy atom. The third-order valence-corrected chi connectivity index (χ3v) is 4.33. The molecule has 1 aliphatic heterocycles. The topological polar surface area (TPSA) is 54.1 Å². The molecule has 1 heterocycles. The van der Waals surface area contributed by atoms with Crippen LogP contribution in [-0.2, 0) is 11.4 Å². The summed E-state index contributed by atoms with van der Waals surface area (Å²) >= 11 is 0. The largest absolute Gasteiger partial charge is 0.569 e. The Balaban J connectivity index is 1.79. The lowest BCUT2D eigenvalue weighted by molar-refractivity contribution is -0.725. The first-order valence-corrected chi connectivity index (χ1v) is 8.78. The monoisotopic (exact) mass is 334 g/mol. The zero-order valence-electron chi connectivity index (χ0n) is 15.3. The molecule has 2 rings (SSSR count). The molecule has 0 spiro atoms. The van der Waals surface area contributed by atoms with Crippen LogP contribution in [0.15, 0.2) is 35.6 Å². The molecule has 1 aromatic carbocycles. The highest BCUT2D eigenvalue weighted by Gasteiger charge is 2.28. The SMILES string of the molecule is CCN(/[N+]([O-])=N/OC1CCN(Cc2ccccc2)CC1)C(C)(C)C. The van der Waals surface area contributed by atoms with Gasteiger partial charge in [0.25, 0.3) is 0 Å². The summed E-state index contributed by atoms with van der Waals surface area (Å²) in [6.45, 7) is 11.4. The number of hydrogen-bond donors (Lipinski definition) is 0. The van der Waals surface area contributed by atoms with Crippen LogP contribution in [0.2, 0.25) is 0 Å². The van der Waals surface area contributed by atoms with Gasteiger partial charge in [0.15, 0.2) is 0 Å². The van der Waals surface area contributed by atoms with Gasteiger partial charge in [0.05, 0.1) is 17.1 Å². The zero-order valence-corrected chi connectivity index (χ0v) is 15.3. The van der Waals surface area contributed by atoms with Crippen molar-refractivity contribution < 1.29 is 9.81 Å². The van der Waals surface area contributed by atoms with Crippen molar-refractivity contribution in [2.75, 3.05) is 19.6 Å². The van der Waals surface area contributed by atoms with E-state index in [-0.39, 0.29) is 11.6 Å². The molecule has 1 saturated heterocycles. The quantitative estimate of drug-likeness (QED) is 0.453. The molecule has 6 heteroatoms. The minimum atomic E-state index is -0.275. The van der Waals surface area contributed by atoms with Crippen LogP contribution in [0.5, 0.6) is 0 Å². The summed E-state index contributed by atoms with van der Waals surface area (Å²) in [5, 5.41) is 17.5. The molecule has 0 aliphatic carbocycles. The van der Waals surface area contributed by atoms with Gasteiger partial charge >= 0.3 is 0 Å². The lowest BCUT2D eigenvalue weighted by atomic mass is 10.1. The fraction of sp³-hybridized carbons (Fsp3) is 0.667. The Bertz CT molecular complexity index is 520. The van der Waals surface area contributed by atoms with Gasteiger partial charge in [-0.25, -0.2) is 0 Å². The molecule has 1 aromatic rings. The maximum Gasteiger partial charge on any atom is 0.233 e. The Morgan fingerprint density at radius 1 is 1.25 bits per heavy atom. The van der Waals surface area contributed by atoms with Crippen molar-refractivity contribution >= 4 is 0 Å². The van der Waals surface area contributed by atoms with Gasteiger partial charge in [0.2, 0.25) is 5.28 Å². The minimum absolute atomic E-state index is 0.0205. The van der Waals surface area contributed by atoms with E-state index in [0.717, 1.165) is 32.5 Å². The van der Waals surface area contributed by atoms with Gasteiger partial charge in [-0.1, -0.05) is 30.3 Å². The van der Waals surface area contributed by atoms with Gasteiger partial charge in [0, 0.05) is 19.6 Å². The fourth-order valence-corrected chi connectivity index (χ4v) is 3.02. The molecular weight excluding hydrogens is 304 g/mol. The van der Waals surface area contributed by atoms with Crippen molar-refractivity contribution in [3.8, 4) is 0 Å². The van der Waals surface area contributed by atoms with E-state index in [9.17, 15) is 5.21 Å². The first kappa shape index (κ1) is 18.5. The third-order valence-electron chi connectivity index (χ3n) is 4.33. The van der Waals surface area contributed by atoms with Gasteiger partial charge in [-0.15, -0.1) is 5.01 Å². The van der Waals surface area contributed by atoms with Crippen LogP contribution in [-0.4, -0.2) is 46.2 Å². The Kier molecular flexibility index (Phi) is 6.43. The van der Waals surface area contributed by atoms with Crippen molar-refractivity contribution in [2.24, 2.45) is 5.28 Å². The Labute approximate surface area is 145 Å². The fourth-order valence-electron chi connectivity index (χ4n) is 3.02. The normalized spacial score (nSPS) is 17.8. The second-order valence-electron chi connectivity index (χ2n) is 7.29. The summed E-state index contributed by atoms with van der Waals surface area (Å²) in [4.78, 5) is 8.50.